The molecule has 2 rings (SSSR count). The lowest BCUT2D eigenvalue weighted by molar-refractivity contribution is -0.143. The number of benzene rings is 2. The fourth-order valence-corrected chi connectivity index (χ4v) is 3.60. The number of ketones is 1. The minimum atomic E-state index is -0.920. The fraction of sp³-hybridized carbons (Fsp3) is 0.300. The number of halogens is 1. The van der Waals surface area contributed by atoms with E-state index in [2.05, 4.69) is 15.9 Å². The van der Waals surface area contributed by atoms with Gasteiger partial charge in [0.05, 0.1) is 5.92 Å². The number of aryl methyl sites for hydroxylation is 2. The van der Waals surface area contributed by atoms with Gasteiger partial charge in [-0.25, -0.2) is 0 Å². The van der Waals surface area contributed by atoms with Crippen LogP contribution in [0.2, 0.25) is 0 Å². The third-order valence-electron chi connectivity index (χ3n) is 4.18. The summed E-state index contributed by atoms with van der Waals surface area (Å²) in [6.45, 7) is 3.94. The number of carbonyl (C=O) groups excluding carboxylic acids is 1. The van der Waals surface area contributed by atoms with Crippen LogP contribution in [-0.4, -0.2) is 16.9 Å². The standard InChI is InChI=1S/C20H21BrO3/c1-13-8-17(21)9-14(2)19(13)12-18(22)11-16(20(23)24)10-15-6-4-3-5-7-15/h3-9,16H,10-12H2,1-2H3,(H,23,24)/t16-/m1/s1. The van der Waals surface area contributed by atoms with Gasteiger partial charge in [-0.1, -0.05) is 46.3 Å². The molecule has 4 heteroatoms. The highest BCUT2D eigenvalue weighted by atomic mass is 79.9. The number of carboxylic acids is 1. The Hall–Kier alpha value is -1.94. The van der Waals surface area contributed by atoms with Crippen molar-refractivity contribution in [3.05, 3.63) is 69.2 Å². The molecule has 1 N–H and O–H groups in total. The predicted molar refractivity (Wildman–Crippen MR) is 98.2 cm³/mol. The van der Waals surface area contributed by atoms with E-state index in [0.29, 0.717) is 6.42 Å². The first-order valence-electron chi connectivity index (χ1n) is 7.91. The maximum absolute atomic E-state index is 12.4. The average molecular weight is 389 g/mol. The molecule has 0 saturated heterocycles. The summed E-state index contributed by atoms with van der Waals surface area (Å²) in [6, 6.07) is 13.4. The summed E-state index contributed by atoms with van der Waals surface area (Å²) in [6.07, 6.45) is 0.711. The zero-order chi connectivity index (χ0) is 17.7. The topological polar surface area (TPSA) is 54.4 Å². The van der Waals surface area contributed by atoms with Crippen LogP contribution >= 0.6 is 15.9 Å². The molecule has 0 radical (unpaired) electrons. The van der Waals surface area contributed by atoms with Gasteiger partial charge < -0.3 is 5.11 Å². The molecule has 0 heterocycles. The van der Waals surface area contributed by atoms with E-state index >= 15 is 0 Å². The summed E-state index contributed by atoms with van der Waals surface area (Å²) in [5.74, 6) is -1.64. The highest BCUT2D eigenvalue weighted by Gasteiger charge is 2.22. The van der Waals surface area contributed by atoms with Crippen molar-refractivity contribution in [1.82, 2.24) is 0 Å². The van der Waals surface area contributed by atoms with Gasteiger partial charge in [-0.05, 0) is 54.7 Å². The lowest BCUT2D eigenvalue weighted by Gasteiger charge is -2.14. The summed E-state index contributed by atoms with van der Waals surface area (Å²) in [5, 5.41) is 9.44. The molecule has 0 aliphatic carbocycles. The molecule has 2 aromatic rings. The summed E-state index contributed by atoms with van der Waals surface area (Å²) in [4.78, 5) is 23.9. The van der Waals surface area contributed by atoms with Crippen LogP contribution in [-0.2, 0) is 22.4 Å². The highest BCUT2D eigenvalue weighted by molar-refractivity contribution is 9.10. The summed E-state index contributed by atoms with van der Waals surface area (Å²) >= 11 is 3.45. The van der Waals surface area contributed by atoms with Crippen LogP contribution in [0.1, 0.15) is 28.7 Å². The molecular formula is C20H21BrO3. The van der Waals surface area contributed by atoms with Crippen molar-refractivity contribution in [3.8, 4) is 0 Å². The molecule has 0 saturated carbocycles. The van der Waals surface area contributed by atoms with Crippen molar-refractivity contribution < 1.29 is 14.7 Å². The minimum Gasteiger partial charge on any atom is -0.481 e. The van der Waals surface area contributed by atoms with Crippen LogP contribution in [0.25, 0.3) is 0 Å². The molecule has 0 fully saturated rings. The third-order valence-corrected chi connectivity index (χ3v) is 4.64. The number of Topliss-reactive ketones (excluding diaryl/α,β-unsaturated/α-hetero) is 1. The molecule has 0 unspecified atom stereocenters. The molecule has 24 heavy (non-hydrogen) atoms. The van der Waals surface area contributed by atoms with Crippen molar-refractivity contribution in [1.29, 1.82) is 0 Å². The van der Waals surface area contributed by atoms with Gasteiger partial charge in [0, 0.05) is 17.3 Å². The number of aliphatic carboxylic acids is 1. The molecule has 3 nitrogen and oxygen atoms in total. The first kappa shape index (κ1) is 18.4. The summed E-state index contributed by atoms with van der Waals surface area (Å²) < 4.78 is 0.987. The van der Waals surface area contributed by atoms with Crippen LogP contribution < -0.4 is 0 Å². The number of rotatable bonds is 7. The second-order valence-corrected chi connectivity index (χ2v) is 7.08. The molecule has 1 atom stereocenters. The van der Waals surface area contributed by atoms with Crippen LogP contribution in [0, 0.1) is 19.8 Å². The smallest absolute Gasteiger partial charge is 0.307 e. The Labute approximate surface area is 150 Å². The Morgan fingerprint density at radius 2 is 1.67 bits per heavy atom. The molecular weight excluding hydrogens is 368 g/mol. The first-order valence-corrected chi connectivity index (χ1v) is 8.70. The van der Waals surface area contributed by atoms with Crippen molar-refractivity contribution in [2.75, 3.05) is 0 Å². The summed E-state index contributed by atoms with van der Waals surface area (Å²) in [5.41, 5.74) is 4.02. The average Bonchev–Trinajstić information content (AvgIpc) is 2.51. The van der Waals surface area contributed by atoms with Gasteiger partial charge in [0.25, 0.3) is 0 Å². The van der Waals surface area contributed by atoms with Crippen LogP contribution in [0.5, 0.6) is 0 Å². The summed E-state index contributed by atoms with van der Waals surface area (Å²) in [7, 11) is 0. The predicted octanol–water partition coefficient (Wildman–Crippen LogP) is 4.51. The van der Waals surface area contributed by atoms with Gasteiger partial charge in [0.15, 0.2) is 0 Å². The molecule has 126 valence electrons. The van der Waals surface area contributed by atoms with Crippen LogP contribution in [0.15, 0.2) is 46.9 Å². The SMILES string of the molecule is Cc1cc(Br)cc(C)c1CC(=O)C[C@@H](Cc1ccccc1)C(=O)O. The Kier molecular flexibility index (Phi) is 6.32. The number of hydrogen-bond acceptors (Lipinski definition) is 2. The number of carboxylic acid groups (broad SMARTS) is 1. The molecule has 0 spiro atoms. The van der Waals surface area contributed by atoms with Gasteiger partial charge >= 0.3 is 5.97 Å². The lowest BCUT2D eigenvalue weighted by Crippen LogP contribution is -2.21. The Balaban J connectivity index is 2.07. The zero-order valence-electron chi connectivity index (χ0n) is 13.9. The molecule has 0 aliphatic heterocycles. The Bertz CT molecular complexity index is 715. The van der Waals surface area contributed by atoms with Crippen LogP contribution in [0.4, 0.5) is 0 Å². The minimum absolute atomic E-state index is 0.0353. The van der Waals surface area contributed by atoms with Crippen LogP contribution in [0.3, 0.4) is 0 Å². The van der Waals surface area contributed by atoms with E-state index in [9.17, 15) is 14.7 Å². The van der Waals surface area contributed by atoms with E-state index in [0.717, 1.165) is 26.7 Å². The molecule has 0 amide bonds. The van der Waals surface area contributed by atoms with Gasteiger partial charge in [0.1, 0.15) is 5.78 Å². The van der Waals surface area contributed by atoms with Crippen molar-refractivity contribution >= 4 is 27.7 Å². The van der Waals surface area contributed by atoms with E-state index in [4.69, 9.17) is 0 Å². The van der Waals surface area contributed by atoms with Gasteiger partial charge in [-0.15, -0.1) is 0 Å². The largest absolute Gasteiger partial charge is 0.481 e. The van der Waals surface area contributed by atoms with Crippen molar-refractivity contribution in [3.63, 3.8) is 0 Å². The second-order valence-electron chi connectivity index (χ2n) is 6.16. The maximum Gasteiger partial charge on any atom is 0.307 e. The lowest BCUT2D eigenvalue weighted by atomic mass is 9.90. The van der Waals surface area contributed by atoms with Gasteiger partial charge in [-0.3, -0.25) is 9.59 Å². The number of hydrogen-bond donors (Lipinski definition) is 1. The van der Waals surface area contributed by atoms with E-state index in [1.54, 1.807) is 0 Å². The quantitative estimate of drug-likeness (QED) is 0.758. The first-order chi connectivity index (χ1) is 11.4. The maximum atomic E-state index is 12.4. The van der Waals surface area contributed by atoms with E-state index in [-0.39, 0.29) is 18.6 Å². The second kappa shape index (κ2) is 8.25. The fourth-order valence-electron chi connectivity index (χ4n) is 2.91. The normalized spacial score (nSPS) is 12.0. The molecule has 2 aromatic carbocycles. The zero-order valence-corrected chi connectivity index (χ0v) is 15.5. The van der Waals surface area contributed by atoms with E-state index in [1.807, 2.05) is 56.3 Å². The molecule has 0 aromatic heterocycles. The van der Waals surface area contributed by atoms with Gasteiger partial charge in [0.2, 0.25) is 0 Å². The monoisotopic (exact) mass is 388 g/mol. The van der Waals surface area contributed by atoms with E-state index in [1.165, 1.54) is 0 Å². The third kappa shape index (κ3) is 5.03. The van der Waals surface area contributed by atoms with Crippen molar-refractivity contribution in [2.24, 2.45) is 5.92 Å². The van der Waals surface area contributed by atoms with Gasteiger partial charge in [-0.2, -0.15) is 0 Å². The Morgan fingerprint density at radius 1 is 1.08 bits per heavy atom. The molecule has 0 bridgehead atoms. The number of carbonyl (C=O) groups is 2. The Morgan fingerprint density at radius 3 is 2.21 bits per heavy atom. The van der Waals surface area contributed by atoms with E-state index < -0.39 is 11.9 Å². The van der Waals surface area contributed by atoms with Crippen molar-refractivity contribution in [2.45, 2.75) is 33.1 Å². The highest BCUT2D eigenvalue weighted by Crippen LogP contribution is 2.22. The molecule has 0 aliphatic rings.